The third kappa shape index (κ3) is 3.10. The van der Waals surface area contributed by atoms with Gasteiger partial charge in [0.15, 0.2) is 5.78 Å². The topological polar surface area (TPSA) is 26.3 Å². The first-order valence-electron chi connectivity index (χ1n) is 6.44. The molecule has 0 unspecified atom stereocenters. The molecule has 0 spiro atoms. The van der Waals surface area contributed by atoms with Crippen molar-refractivity contribution in [3.63, 3.8) is 0 Å². The highest BCUT2D eigenvalue weighted by Crippen LogP contribution is 2.27. The molecule has 0 aliphatic heterocycles. The molecule has 0 heterocycles. The summed E-state index contributed by atoms with van der Waals surface area (Å²) in [7, 11) is 1.60. The van der Waals surface area contributed by atoms with Crippen molar-refractivity contribution in [1.82, 2.24) is 0 Å². The van der Waals surface area contributed by atoms with E-state index in [4.69, 9.17) is 4.74 Å². The van der Waals surface area contributed by atoms with Crippen LogP contribution < -0.4 is 4.74 Å². The van der Waals surface area contributed by atoms with Crippen LogP contribution in [-0.4, -0.2) is 12.9 Å². The number of benzene rings is 2. The molecule has 2 rings (SSSR count). The SMILES string of the molecule is COc1cc(C)cc(C)c1C(=O)Cc1ccccc1Br. The van der Waals surface area contributed by atoms with Crippen molar-refractivity contribution in [1.29, 1.82) is 0 Å². The molecular formula is C17H17BrO2. The number of hydrogen-bond donors (Lipinski definition) is 0. The van der Waals surface area contributed by atoms with E-state index in [9.17, 15) is 4.79 Å². The molecule has 0 saturated carbocycles. The van der Waals surface area contributed by atoms with E-state index in [-0.39, 0.29) is 5.78 Å². The van der Waals surface area contributed by atoms with Crippen LogP contribution >= 0.6 is 15.9 Å². The maximum atomic E-state index is 12.6. The number of rotatable bonds is 4. The highest BCUT2D eigenvalue weighted by atomic mass is 79.9. The lowest BCUT2D eigenvalue weighted by molar-refractivity contribution is 0.0989. The average Bonchev–Trinajstić information content (AvgIpc) is 2.40. The van der Waals surface area contributed by atoms with Gasteiger partial charge in [0.05, 0.1) is 12.7 Å². The zero-order valence-corrected chi connectivity index (χ0v) is 13.5. The van der Waals surface area contributed by atoms with Crippen molar-refractivity contribution >= 4 is 21.7 Å². The number of aryl methyl sites for hydroxylation is 2. The summed E-state index contributed by atoms with van der Waals surface area (Å²) in [6.45, 7) is 3.94. The Balaban J connectivity index is 2.37. The predicted octanol–water partition coefficient (Wildman–Crippen LogP) is 4.50. The van der Waals surface area contributed by atoms with Gasteiger partial charge in [-0.1, -0.05) is 40.2 Å². The molecule has 2 aromatic carbocycles. The normalized spacial score (nSPS) is 10.4. The fourth-order valence-corrected chi connectivity index (χ4v) is 2.78. The van der Waals surface area contributed by atoms with Gasteiger partial charge < -0.3 is 4.74 Å². The quantitative estimate of drug-likeness (QED) is 0.770. The summed E-state index contributed by atoms with van der Waals surface area (Å²) in [5.41, 5.74) is 3.71. The minimum absolute atomic E-state index is 0.0752. The number of Topliss-reactive ketones (excluding diaryl/α,β-unsaturated/α-hetero) is 1. The van der Waals surface area contributed by atoms with Gasteiger partial charge in [-0.2, -0.15) is 0 Å². The van der Waals surface area contributed by atoms with Gasteiger partial charge in [0, 0.05) is 10.9 Å². The zero-order valence-electron chi connectivity index (χ0n) is 11.9. The van der Waals surface area contributed by atoms with Crippen LogP contribution in [0.2, 0.25) is 0 Å². The van der Waals surface area contributed by atoms with E-state index >= 15 is 0 Å². The van der Waals surface area contributed by atoms with Crippen LogP contribution in [0.4, 0.5) is 0 Å². The molecule has 0 bridgehead atoms. The van der Waals surface area contributed by atoms with Crippen LogP contribution in [-0.2, 0) is 6.42 Å². The summed E-state index contributed by atoms with van der Waals surface area (Å²) in [6.07, 6.45) is 0.363. The molecule has 2 nitrogen and oxygen atoms in total. The molecule has 0 fully saturated rings. The van der Waals surface area contributed by atoms with Crippen molar-refractivity contribution in [3.8, 4) is 5.75 Å². The molecule has 0 atom stereocenters. The second kappa shape index (κ2) is 6.23. The second-order valence-electron chi connectivity index (χ2n) is 4.85. The molecule has 104 valence electrons. The van der Waals surface area contributed by atoms with Crippen LogP contribution in [0.3, 0.4) is 0 Å². The Labute approximate surface area is 127 Å². The lowest BCUT2D eigenvalue weighted by Gasteiger charge is -2.12. The van der Waals surface area contributed by atoms with Gasteiger partial charge in [-0.05, 0) is 42.7 Å². The van der Waals surface area contributed by atoms with Crippen molar-refractivity contribution in [2.45, 2.75) is 20.3 Å². The standard InChI is InChI=1S/C17H17BrO2/c1-11-8-12(2)17(16(9-11)20-3)15(19)10-13-6-4-5-7-14(13)18/h4-9H,10H2,1-3H3. The molecule has 0 saturated heterocycles. The monoisotopic (exact) mass is 332 g/mol. The Hall–Kier alpha value is -1.61. The summed E-state index contributed by atoms with van der Waals surface area (Å²) in [5.74, 6) is 0.728. The largest absolute Gasteiger partial charge is 0.496 e. The van der Waals surface area contributed by atoms with Crippen molar-refractivity contribution < 1.29 is 9.53 Å². The summed E-state index contributed by atoms with van der Waals surface area (Å²) in [5, 5.41) is 0. The molecular weight excluding hydrogens is 316 g/mol. The number of carbonyl (C=O) groups excluding carboxylic acids is 1. The Kier molecular flexibility index (Phi) is 4.61. The Bertz CT molecular complexity index is 647. The molecule has 0 aliphatic carbocycles. The summed E-state index contributed by atoms with van der Waals surface area (Å²) >= 11 is 3.48. The minimum Gasteiger partial charge on any atom is -0.496 e. The van der Waals surface area contributed by atoms with E-state index in [1.807, 2.05) is 50.2 Å². The van der Waals surface area contributed by atoms with E-state index in [1.165, 1.54) is 0 Å². The molecule has 0 amide bonds. The highest BCUT2D eigenvalue weighted by molar-refractivity contribution is 9.10. The Morgan fingerprint density at radius 2 is 1.90 bits per heavy atom. The minimum atomic E-state index is 0.0752. The lowest BCUT2D eigenvalue weighted by Crippen LogP contribution is -2.09. The number of ether oxygens (including phenoxy) is 1. The van der Waals surface area contributed by atoms with Crippen molar-refractivity contribution in [3.05, 3.63) is 63.1 Å². The molecule has 3 heteroatoms. The Morgan fingerprint density at radius 1 is 1.20 bits per heavy atom. The van der Waals surface area contributed by atoms with Crippen LogP contribution in [0, 0.1) is 13.8 Å². The summed E-state index contributed by atoms with van der Waals surface area (Å²) in [6, 6.07) is 11.7. The van der Waals surface area contributed by atoms with Gasteiger partial charge in [0.2, 0.25) is 0 Å². The van der Waals surface area contributed by atoms with Gasteiger partial charge in [0.25, 0.3) is 0 Å². The van der Waals surface area contributed by atoms with E-state index in [0.717, 1.165) is 21.2 Å². The first-order valence-corrected chi connectivity index (χ1v) is 7.24. The summed E-state index contributed by atoms with van der Waals surface area (Å²) < 4.78 is 6.32. The van der Waals surface area contributed by atoms with Gasteiger partial charge >= 0.3 is 0 Å². The molecule has 0 aliphatic rings. The number of hydrogen-bond acceptors (Lipinski definition) is 2. The number of ketones is 1. The third-order valence-corrected chi connectivity index (χ3v) is 4.02. The van der Waals surface area contributed by atoms with Crippen LogP contribution in [0.15, 0.2) is 40.9 Å². The fourth-order valence-electron chi connectivity index (χ4n) is 2.35. The van der Waals surface area contributed by atoms with Gasteiger partial charge in [0.1, 0.15) is 5.75 Å². The number of halogens is 1. The van der Waals surface area contributed by atoms with Gasteiger partial charge in [-0.3, -0.25) is 4.79 Å². The summed E-state index contributed by atoms with van der Waals surface area (Å²) in [4.78, 5) is 12.6. The van der Waals surface area contributed by atoms with Crippen LogP contribution in [0.5, 0.6) is 5.75 Å². The predicted molar refractivity (Wildman–Crippen MR) is 84.6 cm³/mol. The molecule has 0 aromatic heterocycles. The maximum absolute atomic E-state index is 12.6. The smallest absolute Gasteiger partial charge is 0.171 e. The lowest BCUT2D eigenvalue weighted by atomic mass is 9.96. The molecule has 0 N–H and O–H groups in total. The third-order valence-electron chi connectivity index (χ3n) is 3.25. The average molecular weight is 333 g/mol. The van der Waals surface area contributed by atoms with Gasteiger partial charge in [-0.15, -0.1) is 0 Å². The molecule has 2 aromatic rings. The first kappa shape index (κ1) is 14.8. The van der Waals surface area contributed by atoms with Crippen molar-refractivity contribution in [2.24, 2.45) is 0 Å². The molecule has 0 radical (unpaired) electrons. The zero-order chi connectivity index (χ0) is 14.7. The maximum Gasteiger partial charge on any atom is 0.171 e. The first-order chi connectivity index (χ1) is 9.52. The number of methoxy groups -OCH3 is 1. The fraction of sp³-hybridized carbons (Fsp3) is 0.235. The second-order valence-corrected chi connectivity index (χ2v) is 5.70. The number of carbonyl (C=O) groups is 1. The van der Waals surface area contributed by atoms with Crippen molar-refractivity contribution in [2.75, 3.05) is 7.11 Å². The van der Waals surface area contributed by atoms with E-state index < -0.39 is 0 Å². The van der Waals surface area contributed by atoms with Crippen LogP contribution in [0.1, 0.15) is 27.0 Å². The van der Waals surface area contributed by atoms with E-state index in [1.54, 1.807) is 7.11 Å². The Morgan fingerprint density at radius 3 is 2.55 bits per heavy atom. The molecule has 20 heavy (non-hydrogen) atoms. The van der Waals surface area contributed by atoms with E-state index in [0.29, 0.717) is 17.7 Å². The van der Waals surface area contributed by atoms with Crippen LogP contribution in [0.25, 0.3) is 0 Å². The highest BCUT2D eigenvalue weighted by Gasteiger charge is 2.17. The van der Waals surface area contributed by atoms with E-state index in [2.05, 4.69) is 15.9 Å². The van der Waals surface area contributed by atoms with Gasteiger partial charge in [-0.25, -0.2) is 0 Å².